The Morgan fingerprint density at radius 2 is 2.00 bits per heavy atom. The number of ether oxygens (including phenoxy) is 3. The molecule has 6 atom stereocenters. The van der Waals surface area contributed by atoms with Crippen LogP contribution in [0.3, 0.4) is 0 Å². The minimum atomic E-state index is -0.545. The topological polar surface area (TPSA) is 80.3 Å². The van der Waals surface area contributed by atoms with Crippen molar-refractivity contribution >= 4 is 5.97 Å². The van der Waals surface area contributed by atoms with Crippen molar-refractivity contribution in [3.63, 3.8) is 0 Å². The molecule has 0 radical (unpaired) electrons. The summed E-state index contributed by atoms with van der Waals surface area (Å²) in [5.74, 6) is 1.79. The van der Waals surface area contributed by atoms with E-state index in [9.17, 15) is 9.90 Å². The summed E-state index contributed by atoms with van der Waals surface area (Å²) in [4.78, 5) is 16.1. The van der Waals surface area contributed by atoms with E-state index in [1.165, 1.54) is 18.4 Å². The molecule has 1 spiro atoms. The van der Waals surface area contributed by atoms with Crippen LogP contribution >= 0.6 is 0 Å². The van der Waals surface area contributed by atoms with Crippen LogP contribution in [0.15, 0.2) is 12.1 Å². The van der Waals surface area contributed by atoms with Gasteiger partial charge in [0.05, 0.1) is 11.0 Å². The van der Waals surface area contributed by atoms with Crippen molar-refractivity contribution in [1.82, 2.24) is 10.2 Å². The van der Waals surface area contributed by atoms with E-state index in [1.807, 2.05) is 27.9 Å². The van der Waals surface area contributed by atoms with Crippen LogP contribution in [0.25, 0.3) is 0 Å². The Bertz CT molecular complexity index is 1090. The number of nitrogens with zero attached hydrogens (tertiary/aromatic N) is 1. The Hall–Kier alpha value is -1.83. The number of phenols is 1. The van der Waals surface area contributed by atoms with Crippen LogP contribution in [0.4, 0.5) is 0 Å². The second-order valence-electron chi connectivity index (χ2n) is 14.0. The van der Waals surface area contributed by atoms with Gasteiger partial charge < -0.3 is 19.3 Å². The number of hydrogen-bond donors (Lipinski definition) is 2. The Balaban J connectivity index is 1.39. The van der Waals surface area contributed by atoms with Crippen LogP contribution in [0.2, 0.25) is 0 Å². The van der Waals surface area contributed by atoms with E-state index >= 15 is 0 Å². The summed E-state index contributed by atoms with van der Waals surface area (Å²) in [5.41, 5.74) is 1.16. The van der Waals surface area contributed by atoms with Crippen molar-refractivity contribution in [2.24, 2.45) is 11.8 Å². The van der Waals surface area contributed by atoms with Crippen molar-refractivity contribution in [1.29, 1.82) is 0 Å². The average Bonchev–Trinajstić information content (AvgIpc) is 3.58. The molecule has 2 bridgehead atoms. The number of phenolic OH excluding ortho intramolecular Hbond substituents is 1. The van der Waals surface area contributed by atoms with E-state index in [-0.39, 0.29) is 40.9 Å². The number of nitrogens with one attached hydrogen (secondary N) is 1. The molecule has 7 heteroatoms. The lowest BCUT2D eigenvalue weighted by molar-refractivity contribution is -0.208. The normalized spacial score (nSPS) is 34.6. The number of piperidine rings is 1. The number of carbonyl (C=O) groups excluding carboxylic acids is 1. The maximum atomic E-state index is 13.3. The third kappa shape index (κ3) is 3.98. The Labute approximate surface area is 227 Å². The van der Waals surface area contributed by atoms with Crippen LogP contribution in [-0.2, 0) is 26.1 Å². The highest BCUT2D eigenvalue weighted by Gasteiger charge is 2.74. The van der Waals surface area contributed by atoms with E-state index in [0.29, 0.717) is 18.1 Å². The number of esters is 1. The largest absolute Gasteiger partial charge is 0.504 e. The van der Waals surface area contributed by atoms with E-state index in [0.717, 1.165) is 50.3 Å². The van der Waals surface area contributed by atoms with Gasteiger partial charge in [-0.2, -0.15) is 0 Å². The molecule has 2 N–H and O–H groups in total. The quantitative estimate of drug-likeness (QED) is 0.488. The van der Waals surface area contributed by atoms with E-state index in [1.54, 1.807) is 6.07 Å². The first-order chi connectivity index (χ1) is 18.0. The number of rotatable bonds is 8. The monoisotopic (exact) mass is 526 g/mol. The lowest BCUT2D eigenvalue weighted by Crippen LogP contribution is -2.79. The van der Waals surface area contributed by atoms with Gasteiger partial charge in [-0.1, -0.05) is 19.9 Å². The van der Waals surface area contributed by atoms with Gasteiger partial charge in [-0.05, 0) is 95.7 Å². The molecule has 2 aliphatic heterocycles. The Morgan fingerprint density at radius 3 is 2.66 bits per heavy atom. The summed E-state index contributed by atoms with van der Waals surface area (Å²) in [7, 11) is 1.88. The molecule has 1 aromatic carbocycles. The fourth-order valence-corrected chi connectivity index (χ4v) is 8.38. The lowest BCUT2D eigenvalue weighted by Gasteiger charge is -2.66. The van der Waals surface area contributed by atoms with Crippen molar-refractivity contribution < 1.29 is 24.1 Å². The summed E-state index contributed by atoms with van der Waals surface area (Å²) in [5, 5.41) is 14.7. The van der Waals surface area contributed by atoms with E-state index in [2.05, 4.69) is 30.1 Å². The summed E-state index contributed by atoms with van der Waals surface area (Å²) in [6.45, 7) is 12.2. The highest BCUT2D eigenvalue weighted by Crippen LogP contribution is 2.66. The van der Waals surface area contributed by atoms with Gasteiger partial charge in [-0.25, -0.2) is 0 Å². The van der Waals surface area contributed by atoms with E-state index in [4.69, 9.17) is 14.2 Å². The van der Waals surface area contributed by atoms with Crippen LogP contribution in [0.1, 0.15) is 84.3 Å². The molecule has 3 fully saturated rings. The summed E-state index contributed by atoms with van der Waals surface area (Å²) < 4.78 is 19.3. The first kappa shape index (κ1) is 26.4. The van der Waals surface area contributed by atoms with Gasteiger partial charge in [-0.15, -0.1) is 0 Å². The number of hydrogen-bond acceptors (Lipinski definition) is 7. The first-order valence-electron chi connectivity index (χ1n) is 14.8. The molecule has 1 aromatic rings. The molecule has 5 aliphatic rings. The van der Waals surface area contributed by atoms with Gasteiger partial charge in [-0.3, -0.25) is 15.0 Å². The zero-order chi connectivity index (χ0) is 27.0. The number of likely N-dealkylation sites (tertiary alicyclic amines) is 1. The van der Waals surface area contributed by atoms with Crippen LogP contribution in [-0.4, -0.2) is 71.6 Å². The molecule has 0 unspecified atom stereocenters. The molecule has 3 aliphatic carbocycles. The third-order valence-corrected chi connectivity index (χ3v) is 9.90. The van der Waals surface area contributed by atoms with Crippen molar-refractivity contribution in [2.45, 2.75) is 120 Å². The standard InChI is InChI=1S/C31H46N2O5/c1-18(2)15-22(28(35)38-29(3,4)5)32-21-11-12-31(36-6)24-16-20-9-10-23(34)26-25(20)30(31,27(21)37-26)13-14-33(24)17-19-7-8-19/h9-10,18-19,21-22,24,27,32,34H,7-8,11-17H2,1-6H3/t21-,22+,24-,27+,30+,31-/m1/s1. The Kier molecular flexibility index (Phi) is 6.32. The molecule has 210 valence electrons. The fraction of sp³-hybridized carbons (Fsp3) is 0.774. The maximum absolute atomic E-state index is 13.3. The molecule has 2 heterocycles. The van der Waals surface area contributed by atoms with Crippen molar-refractivity contribution in [2.75, 3.05) is 20.2 Å². The minimum absolute atomic E-state index is 0.0528. The Morgan fingerprint density at radius 1 is 1.24 bits per heavy atom. The lowest BCUT2D eigenvalue weighted by atomic mass is 9.48. The fourth-order valence-electron chi connectivity index (χ4n) is 8.38. The number of benzene rings is 1. The zero-order valence-corrected chi connectivity index (χ0v) is 24.0. The maximum Gasteiger partial charge on any atom is 0.323 e. The van der Waals surface area contributed by atoms with Crippen LogP contribution in [0.5, 0.6) is 11.5 Å². The zero-order valence-electron chi connectivity index (χ0n) is 24.0. The highest BCUT2D eigenvalue weighted by molar-refractivity contribution is 5.76. The molecular weight excluding hydrogens is 480 g/mol. The molecule has 7 nitrogen and oxygen atoms in total. The third-order valence-electron chi connectivity index (χ3n) is 9.90. The molecule has 6 rings (SSSR count). The van der Waals surface area contributed by atoms with E-state index < -0.39 is 11.6 Å². The van der Waals surface area contributed by atoms with Gasteiger partial charge in [0.25, 0.3) is 0 Å². The van der Waals surface area contributed by atoms with Gasteiger partial charge in [0.2, 0.25) is 0 Å². The van der Waals surface area contributed by atoms with Gasteiger partial charge >= 0.3 is 5.97 Å². The highest BCUT2D eigenvalue weighted by atomic mass is 16.6. The van der Waals surface area contributed by atoms with Crippen molar-refractivity contribution in [3.8, 4) is 11.5 Å². The predicted molar refractivity (Wildman–Crippen MR) is 146 cm³/mol. The second kappa shape index (κ2) is 9.10. The van der Waals surface area contributed by atoms with Gasteiger partial charge in [0.15, 0.2) is 11.5 Å². The van der Waals surface area contributed by atoms with Crippen LogP contribution < -0.4 is 10.1 Å². The summed E-state index contributed by atoms with van der Waals surface area (Å²) >= 11 is 0. The SMILES string of the molecule is CO[C@@]12CC[C@@H](N[C@@H](CC(C)C)C(=O)OC(C)(C)C)[C@@H]3Oc4c(O)ccc5c4[C@@]31CCN(CC1CC1)[C@@H]2C5. The first-order valence-corrected chi connectivity index (χ1v) is 14.8. The van der Waals surface area contributed by atoms with Crippen LogP contribution in [0, 0.1) is 11.8 Å². The number of methoxy groups -OCH3 is 1. The summed E-state index contributed by atoms with van der Waals surface area (Å²) in [6.07, 6.45) is 6.73. The van der Waals surface area contributed by atoms with Gasteiger partial charge in [0, 0.05) is 31.3 Å². The molecule has 38 heavy (non-hydrogen) atoms. The number of carbonyl (C=O) groups is 1. The second-order valence-corrected chi connectivity index (χ2v) is 14.0. The molecular formula is C31H46N2O5. The molecule has 2 saturated carbocycles. The molecule has 0 amide bonds. The smallest absolute Gasteiger partial charge is 0.323 e. The predicted octanol–water partition coefficient (Wildman–Crippen LogP) is 4.33. The van der Waals surface area contributed by atoms with Gasteiger partial charge in [0.1, 0.15) is 17.7 Å². The van der Waals surface area contributed by atoms with Crippen molar-refractivity contribution in [3.05, 3.63) is 23.3 Å². The average molecular weight is 527 g/mol. The summed E-state index contributed by atoms with van der Waals surface area (Å²) in [6, 6.07) is 3.72. The molecule has 0 aromatic heterocycles. The molecule has 1 saturated heterocycles. The minimum Gasteiger partial charge on any atom is -0.504 e. The number of aromatic hydroxyl groups is 1.